The molecule has 0 spiro atoms. The Bertz CT molecular complexity index is 789. The number of likely N-dealkylation sites (tertiary alicyclic amines) is 1. The predicted molar refractivity (Wildman–Crippen MR) is 101 cm³/mol. The number of halogens is 2. The van der Waals surface area contributed by atoms with Crippen LogP contribution in [0.25, 0.3) is 0 Å². The summed E-state index contributed by atoms with van der Waals surface area (Å²) in [6.45, 7) is 3.63. The maximum atomic E-state index is 12.3. The Morgan fingerprint density at radius 1 is 1.28 bits per heavy atom. The number of carbonyl (C=O) groups is 1. The summed E-state index contributed by atoms with van der Waals surface area (Å²) < 4.78 is 5.53. The maximum Gasteiger partial charge on any atom is 0.260 e. The lowest BCUT2D eigenvalue weighted by Gasteiger charge is -2.46. The van der Waals surface area contributed by atoms with Crippen LogP contribution in [0, 0.1) is 0 Å². The summed E-state index contributed by atoms with van der Waals surface area (Å²) in [7, 11) is 0. The number of carbonyl (C=O) groups excluding carboxylic acids is 1. The van der Waals surface area contributed by atoms with Crippen molar-refractivity contribution >= 4 is 40.4 Å². The smallest absolute Gasteiger partial charge is 0.260 e. The van der Waals surface area contributed by atoms with Gasteiger partial charge in [-0.3, -0.25) is 9.69 Å². The topological polar surface area (TPSA) is 32.8 Å². The van der Waals surface area contributed by atoms with E-state index in [0.29, 0.717) is 21.8 Å². The number of fused-ring (bicyclic) bond motifs is 1. The number of nitrogens with zero attached hydrogens (tertiary/aromatic N) is 2. The van der Waals surface area contributed by atoms with Crippen molar-refractivity contribution in [1.29, 1.82) is 0 Å². The van der Waals surface area contributed by atoms with Gasteiger partial charge in [-0.15, -0.1) is 11.3 Å². The van der Waals surface area contributed by atoms with Gasteiger partial charge in [0.15, 0.2) is 6.61 Å². The second kappa shape index (κ2) is 7.16. The molecule has 0 unspecified atom stereocenters. The summed E-state index contributed by atoms with van der Waals surface area (Å²) in [5.74, 6) is 0.480. The molecule has 0 N–H and O–H groups in total. The van der Waals surface area contributed by atoms with Crippen LogP contribution in [0.3, 0.4) is 0 Å². The fourth-order valence-electron chi connectivity index (χ4n) is 3.29. The second-order valence-electron chi connectivity index (χ2n) is 6.41. The second-order valence-corrected chi connectivity index (χ2v) is 8.25. The molecule has 3 heterocycles. The van der Waals surface area contributed by atoms with E-state index in [-0.39, 0.29) is 12.5 Å². The van der Waals surface area contributed by atoms with Gasteiger partial charge in [0.1, 0.15) is 5.75 Å². The van der Waals surface area contributed by atoms with E-state index >= 15 is 0 Å². The van der Waals surface area contributed by atoms with E-state index in [1.165, 1.54) is 10.4 Å². The number of rotatable bonds is 4. The van der Waals surface area contributed by atoms with E-state index < -0.39 is 0 Å². The molecule has 0 radical (unpaired) electrons. The van der Waals surface area contributed by atoms with Crippen molar-refractivity contribution in [2.24, 2.45) is 0 Å². The predicted octanol–water partition coefficient (Wildman–Crippen LogP) is 3.70. The normalized spacial score (nSPS) is 17.9. The van der Waals surface area contributed by atoms with Crippen molar-refractivity contribution in [3.63, 3.8) is 0 Å². The summed E-state index contributed by atoms with van der Waals surface area (Å²) in [5.41, 5.74) is 1.45. The third kappa shape index (κ3) is 3.65. The minimum Gasteiger partial charge on any atom is -0.482 e. The number of hydrogen-bond acceptors (Lipinski definition) is 4. The van der Waals surface area contributed by atoms with E-state index in [0.717, 1.165) is 32.6 Å². The highest BCUT2D eigenvalue weighted by Gasteiger charge is 2.36. The summed E-state index contributed by atoms with van der Waals surface area (Å²) in [5, 5.41) is 3.13. The first-order chi connectivity index (χ1) is 12.1. The van der Waals surface area contributed by atoms with Gasteiger partial charge in [-0.05, 0) is 41.6 Å². The molecule has 4 rings (SSSR count). The van der Waals surface area contributed by atoms with Crippen molar-refractivity contribution in [2.75, 3.05) is 26.2 Å². The molecule has 132 valence electrons. The number of benzene rings is 1. The van der Waals surface area contributed by atoms with Gasteiger partial charge in [-0.25, -0.2) is 0 Å². The van der Waals surface area contributed by atoms with Gasteiger partial charge < -0.3 is 9.64 Å². The van der Waals surface area contributed by atoms with Crippen LogP contribution in [0.15, 0.2) is 29.6 Å². The molecule has 0 bridgehead atoms. The molecule has 7 heteroatoms. The number of ether oxygens (including phenoxy) is 1. The molecule has 1 fully saturated rings. The fraction of sp³-hybridized carbons (Fsp3) is 0.389. The average molecular weight is 397 g/mol. The monoisotopic (exact) mass is 396 g/mol. The van der Waals surface area contributed by atoms with E-state index in [4.69, 9.17) is 27.9 Å². The molecule has 0 saturated carbocycles. The highest BCUT2D eigenvalue weighted by Crippen LogP contribution is 2.29. The Morgan fingerprint density at radius 2 is 2.12 bits per heavy atom. The summed E-state index contributed by atoms with van der Waals surface area (Å²) >= 11 is 13.8. The third-order valence-electron chi connectivity index (χ3n) is 4.81. The van der Waals surface area contributed by atoms with Crippen molar-refractivity contribution in [3.8, 4) is 5.75 Å². The highest BCUT2D eigenvalue weighted by atomic mass is 35.5. The van der Waals surface area contributed by atoms with Gasteiger partial charge in [0, 0.05) is 42.1 Å². The van der Waals surface area contributed by atoms with Gasteiger partial charge >= 0.3 is 0 Å². The number of hydrogen-bond donors (Lipinski definition) is 0. The van der Waals surface area contributed by atoms with Crippen LogP contribution in [0.5, 0.6) is 5.75 Å². The zero-order valence-electron chi connectivity index (χ0n) is 13.6. The van der Waals surface area contributed by atoms with Crippen LogP contribution in [0.4, 0.5) is 0 Å². The molecule has 1 aromatic heterocycles. The van der Waals surface area contributed by atoms with E-state index in [9.17, 15) is 4.79 Å². The first kappa shape index (κ1) is 17.2. The molecule has 25 heavy (non-hydrogen) atoms. The van der Waals surface area contributed by atoms with Gasteiger partial charge in [-0.1, -0.05) is 23.2 Å². The Morgan fingerprint density at radius 3 is 2.92 bits per heavy atom. The molecule has 1 saturated heterocycles. The number of amides is 1. The molecule has 1 amide bonds. The molecule has 1 aromatic carbocycles. The molecular weight excluding hydrogens is 379 g/mol. The van der Waals surface area contributed by atoms with E-state index in [2.05, 4.69) is 16.3 Å². The molecule has 2 aliphatic rings. The summed E-state index contributed by atoms with van der Waals surface area (Å²) in [6.07, 6.45) is 1.12. The minimum atomic E-state index is -0.00417. The minimum absolute atomic E-state index is 0.00273. The van der Waals surface area contributed by atoms with Gasteiger partial charge in [0.05, 0.1) is 5.02 Å². The van der Waals surface area contributed by atoms with Gasteiger partial charge in [0.2, 0.25) is 0 Å². The van der Waals surface area contributed by atoms with Gasteiger partial charge in [-0.2, -0.15) is 0 Å². The largest absolute Gasteiger partial charge is 0.482 e. The summed E-state index contributed by atoms with van der Waals surface area (Å²) in [6, 6.07) is 7.66. The van der Waals surface area contributed by atoms with Crippen LogP contribution in [0.1, 0.15) is 10.4 Å². The van der Waals surface area contributed by atoms with Crippen molar-refractivity contribution in [3.05, 3.63) is 50.1 Å². The first-order valence-electron chi connectivity index (χ1n) is 8.25. The van der Waals surface area contributed by atoms with Crippen molar-refractivity contribution in [1.82, 2.24) is 9.80 Å². The van der Waals surface area contributed by atoms with Gasteiger partial charge in [0.25, 0.3) is 5.91 Å². The molecule has 2 aliphatic heterocycles. The van der Waals surface area contributed by atoms with E-state index in [1.807, 2.05) is 16.2 Å². The standard InChI is InChI=1S/C18H18Cl2N2O2S/c19-13-1-2-16(15(20)7-13)24-11-18(23)22-9-14(10-22)21-5-3-17-12(8-21)4-6-25-17/h1-2,4,6-7,14H,3,5,8-11H2. The third-order valence-corrected chi connectivity index (χ3v) is 6.37. The lowest BCUT2D eigenvalue weighted by Crippen LogP contribution is -2.62. The van der Waals surface area contributed by atoms with Crippen molar-refractivity contribution < 1.29 is 9.53 Å². The quantitative estimate of drug-likeness (QED) is 0.789. The Kier molecular flexibility index (Phi) is 4.91. The van der Waals surface area contributed by atoms with E-state index in [1.54, 1.807) is 18.2 Å². The van der Waals surface area contributed by atoms with Crippen molar-refractivity contribution in [2.45, 2.75) is 19.0 Å². The lowest BCUT2D eigenvalue weighted by molar-refractivity contribution is -0.141. The molecule has 4 nitrogen and oxygen atoms in total. The van der Waals surface area contributed by atoms with Crippen LogP contribution >= 0.6 is 34.5 Å². The Labute approximate surface area is 160 Å². The SMILES string of the molecule is O=C(COc1ccc(Cl)cc1Cl)N1CC(N2CCc3sccc3C2)C1. The highest BCUT2D eigenvalue weighted by molar-refractivity contribution is 7.10. The Hall–Kier alpha value is -1.27. The molecule has 2 aromatic rings. The zero-order valence-corrected chi connectivity index (χ0v) is 15.9. The average Bonchev–Trinajstić information content (AvgIpc) is 3.00. The fourth-order valence-corrected chi connectivity index (χ4v) is 4.65. The molecular formula is C18H18Cl2N2O2S. The molecule has 0 atom stereocenters. The van der Waals surface area contributed by atoms with Crippen LogP contribution < -0.4 is 4.74 Å². The molecule has 0 aliphatic carbocycles. The zero-order chi connectivity index (χ0) is 17.4. The Balaban J connectivity index is 1.25. The first-order valence-corrected chi connectivity index (χ1v) is 9.88. The van der Waals surface area contributed by atoms with Crippen LogP contribution in [-0.2, 0) is 17.8 Å². The summed E-state index contributed by atoms with van der Waals surface area (Å²) in [4.78, 5) is 18.1. The number of thiophene rings is 1. The van der Waals surface area contributed by atoms with Crippen LogP contribution in [-0.4, -0.2) is 48.0 Å². The van der Waals surface area contributed by atoms with Crippen LogP contribution in [0.2, 0.25) is 10.0 Å². The lowest BCUT2D eigenvalue weighted by atomic mass is 10.0. The maximum absolute atomic E-state index is 12.3.